The van der Waals surface area contributed by atoms with Gasteiger partial charge >= 0.3 is 6.03 Å². The Morgan fingerprint density at radius 3 is 2.38 bits per heavy atom. The topological polar surface area (TPSA) is 70.2 Å². The highest BCUT2D eigenvalue weighted by Crippen LogP contribution is 2.28. The number of carbonyl (C=O) groups is 2. The van der Waals surface area contributed by atoms with Crippen molar-refractivity contribution in [1.29, 1.82) is 0 Å². The fourth-order valence-corrected chi connectivity index (χ4v) is 2.75. The second-order valence-electron chi connectivity index (χ2n) is 6.34. The first-order valence-corrected chi connectivity index (χ1v) is 8.81. The Hall–Kier alpha value is -2.24. The number of carbonyl (C=O) groups excluding carboxylic acids is 2. The van der Waals surface area contributed by atoms with E-state index in [9.17, 15) is 9.59 Å². The number of rotatable bonds is 5. The molecule has 5 nitrogen and oxygen atoms in total. The molecule has 0 radical (unpaired) electrons. The van der Waals surface area contributed by atoms with Gasteiger partial charge in [-0.15, -0.1) is 0 Å². The summed E-state index contributed by atoms with van der Waals surface area (Å²) in [6.07, 6.45) is 0.184. The van der Waals surface area contributed by atoms with E-state index < -0.39 is 5.54 Å². The molecule has 7 heteroatoms. The summed E-state index contributed by atoms with van der Waals surface area (Å²) in [6.45, 7) is 3.73. The quantitative estimate of drug-likeness (QED) is 0.706. The molecule has 3 N–H and O–H groups in total. The highest BCUT2D eigenvalue weighted by Gasteiger charge is 2.24. The third-order valence-electron chi connectivity index (χ3n) is 3.96. The van der Waals surface area contributed by atoms with Crippen molar-refractivity contribution >= 4 is 40.8 Å². The summed E-state index contributed by atoms with van der Waals surface area (Å²) in [6, 6.07) is 12.0. The number of amides is 3. The molecule has 2 aromatic rings. The average Bonchev–Trinajstić information content (AvgIpc) is 2.58. The van der Waals surface area contributed by atoms with Crippen molar-refractivity contribution in [3.05, 3.63) is 63.6 Å². The van der Waals surface area contributed by atoms with E-state index in [1.807, 2.05) is 26.0 Å². The zero-order valence-electron chi connectivity index (χ0n) is 14.8. The summed E-state index contributed by atoms with van der Waals surface area (Å²) >= 11 is 12.0. The van der Waals surface area contributed by atoms with Gasteiger partial charge in [-0.3, -0.25) is 4.79 Å². The maximum atomic E-state index is 12.5. The van der Waals surface area contributed by atoms with Gasteiger partial charge in [-0.25, -0.2) is 4.79 Å². The van der Waals surface area contributed by atoms with Gasteiger partial charge in [-0.1, -0.05) is 47.5 Å². The number of likely N-dealkylation sites (N-methyl/N-ethyl adjacent to an activating group) is 1. The van der Waals surface area contributed by atoms with Crippen molar-refractivity contribution in [2.24, 2.45) is 0 Å². The van der Waals surface area contributed by atoms with Gasteiger partial charge in [-0.2, -0.15) is 0 Å². The lowest BCUT2D eigenvalue weighted by atomic mass is 9.94. The lowest BCUT2D eigenvalue weighted by Crippen LogP contribution is -2.43. The van der Waals surface area contributed by atoms with Crippen LogP contribution in [0.2, 0.25) is 10.0 Å². The van der Waals surface area contributed by atoms with Gasteiger partial charge < -0.3 is 16.0 Å². The molecule has 0 saturated carbocycles. The maximum absolute atomic E-state index is 12.5. The van der Waals surface area contributed by atoms with Crippen molar-refractivity contribution in [1.82, 2.24) is 10.6 Å². The molecule has 0 bridgehead atoms. The number of para-hydroxylation sites is 1. The molecular weight excluding hydrogens is 373 g/mol. The van der Waals surface area contributed by atoms with Gasteiger partial charge in [0.1, 0.15) is 0 Å². The number of urea groups is 1. The first kappa shape index (κ1) is 20.1. The molecule has 0 atom stereocenters. The number of anilines is 1. The Bertz CT molecular complexity index is 822. The SMILES string of the molecule is CNC(=O)Cc1ccccc1NC(=O)NC(C)(C)c1ccc(Cl)c(Cl)c1. The van der Waals surface area contributed by atoms with E-state index in [0.29, 0.717) is 15.7 Å². The molecular formula is C19H21Cl2N3O2. The van der Waals surface area contributed by atoms with Crippen LogP contribution in [-0.2, 0) is 16.8 Å². The van der Waals surface area contributed by atoms with Crippen molar-refractivity contribution in [3.63, 3.8) is 0 Å². The Morgan fingerprint density at radius 1 is 1.04 bits per heavy atom. The first-order valence-electron chi connectivity index (χ1n) is 8.06. The van der Waals surface area contributed by atoms with Gasteiger partial charge in [0.15, 0.2) is 0 Å². The van der Waals surface area contributed by atoms with E-state index in [4.69, 9.17) is 23.2 Å². The second-order valence-corrected chi connectivity index (χ2v) is 7.15. The van der Waals surface area contributed by atoms with Gasteiger partial charge in [-0.05, 0) is 43.2 Å². The van der Waals surface area contributed by atoms with Crippen LogP contribution in [0, 0.1) is 0 Å². The minimum absolute atomic E-state index is 0.129. The predicted octanol–water partition coefficient (Wildman–Crippen LogP) is 4.34. The summed E-state index contributed by atoms with van der Waals surface area (Å²) in [4.78, 5) is 24.1. The summed E-state index contributed by atoms with van der Waals surface area (Å²) < 4.78 is 0. The van der Waals surface area contributed by atoms with Crippen LogP contribution in [0.5, 0.6) is 0 Å². The van der Waals surface area contributed by atoms with Crippen molar-refractivity contribution < 1.29 is 9.59 Å². The minimum Gasteiger partial charge on any atom is -0.359 e. The zero-order chi connectivity index (χ0) is 19.3. The van der Waals surface area contributed by atoms with Crippen molar-refractivity contribution in [2.75, 3.05) is 12.4 Å². The Balaban J connectivity index is 2.13. The summed E-state index contributed by atoms with van der Waals surface area (Å²) in [5.41, 5.74) is 1.46. The number of nitrogens with one attached hydrogen (secondary N) is 3. The Kier molecular flexibility index (Phi) is 6.51. The van der Waals surface area contributed by atoms with Gasteiger partial charge in [0.2, 0.25) is 5.91 Å². The molecule has 0 aliphatic carbocycles. The molecule has 3 amide bonds. The van der Waals surface area contributed by atoms with Gasteiger partial charge in [0, 0.05) is 12.7 Å². The van der Waals surface area contributed by atoms with Crippen LogP contribution >= 0.6 is 23.2 Å². The van der Waals surface area contributed by atoms with E-state index in [2.05, 4.69) is 16.0 Å². The van der Waals surface area contributed by atoms with Crippen molar-refractivity contribution in [2.45, 2.75) is 25.8 Å². The minimum atomic E-state index is -0.673. The number of halogens is 2. The molecule has 0 aliphatic heterocycles. The predicted molar refractivity (Wildman–Crippen MR) is 106 cm³/mol. The number of benzene rings is 2. The van der Waals surface area contributed by atoms with Crippen LogP contribution < -0.4 is 16.0 Å². The smallest absolute Gasteiger partial charge is 0.319 e. The van der Waals surface area contributed by atoms with Crippen LogP contribution in [0.25, 0.3) is 0 Å². The lowest BCUT2D eigenvalue weighted by molar-refractivity contribution is -0.119. The largest absolute Gasteiger partial charge is 0.359 e. The van der Waals surface area contributed by atoms with Crippen LogP contribution in [-0.4, -0.2) is 19.0 Å². The molecule has 0 unspecified atom stereocenters. The van der Waals surface area contributed by atoms with Crippen LogP contribution in [0.1, 0.15) is 25.0 Å². The van der Waals surface area contributed by atoms with E-state index in [1.54, 1.807) is 37.4 Å². The monoisotopic (exact) mass is 393 g/mol. The van der Waals surface area contributed by atoms with Crippen LogP contribution in [0.4, 0.5) is 10.5 Å². The lowest BCUT2D eigenvalue weighted by Gasteiger charge is -2.27. The molecule has 0 spiro atoms. The Morgan fingerprint density at radius 2 is 1.73 bits per heavy atom. The van der Waals surface area contributed by atoms with E-state index in [0.717, 1.165) is 11.1 Å². The van der Waals surface area contributed by atoms with Crippen molar-refractivity contribution in [3.8, 4) is 0 Å². The van der Waals surface area contributed by atoms with Crippen LogP contribution in [0.3, 0.4) is 0 Å². The fourth-order valence-electron chi connectivity index (χ4n) is 2.45. The molecule has 138 valence electrons. The normalized spacial score (nSPS) is 11.0. The second kappa shape index (κ2) is 8.43. The molecule has 0 aliphatic rings. The molecule has 2 rings (SSSR count). The van der Waals surface area contributed by atoms with E-state index in [1.165, 1.54) is 0 Å². The fraction of sp³-hybridized carbons (Fsp3) is 0.263. The summed E-state index contributed by atoms with van der Waals surface area (Å²) in [5.74, 6) is -0.129. The maximum Gasteiger partial charge on any atom is 0.319 e. The molecule has 0 aromatic heterocycles. The molecule has 0 fully saturated rings. The standard InChI is InChI=1S/C19H21Cl2N3O2/c1-19(2,13-8-9-14(20)15(21)11-13)24-18(26)23-16-7-5-4-6-12(16)10-17(25)22-3/h4-9,11H,10H2,1-3H3,(H,22,25)(H2,23,24,26). The molecule has 26 heavy (non-hydrogen) atoms. The number of hydrogen-bond donors (Lipinski definition) is 3. The summed E-state index contributed by atoms with van der Waals surface area (Å²) in [5, 5.41) is 9.17. The van der Waals surface area contributed by atoms with Gasteiger partial charge in [0.25, 0.3) is 0 Å². The highest BCUT2D eigenvalue weighted by atomic mass is 35.5. The molecule has 0 saturated heterocycles. The third-order valence-corrected chi connectivity index (χ3v) is 4.70. The van der Waals surface area contributed by atoms with E-state index >= 15 is 0 Å². The average molecular weight is 394 g/mol. The zero-order valence-corrected chi connectivity index (χ0v) is 16.3. The van der Waals surface area contributed by atoms with Gasteiger partial charge in [0.05, 0.1) is 22.0 Å². The molecule has 0 heterocycles. The van der Waals surface area contributed by atoms with Crippen LogP contribution in [0.15, 0.2) is 42.5 Å². The summed E-state index contributed by atoms with van der Waals surface area (Å²) in [7, 11) is 1.57. The number of hydrogen-bond acceptors (Lipinski definition) is 2. The molecule has 2 aromatic carbocycles. The Labute approximate surface area is 163 Å². The highest BCUT2D eigenvalue weighted by molar-refractivity contribution is 6.42. The first-order chi connectivity index (χ1) is 12.2. The third kappa shape index (κ3) is 5.13. The van der Waals surface area contributed by atoms with E-state index in [-0.39, 0.29) is 18.4 Å².